The molecule has 36 heavy (non-hydrogen) atoms. The molecule has 0 atom stereocenters. The quantitative estimate of drug-likeness (QED) is 0.466. The topological polar surface area (TPSA) is 118 Å². The monoisotopic (exact) mass is 519 g/mol. The maximum absolute atomic E-state index is 13.9. The van der Waals surface area contributed by atoms with Crippen LogP contribution in [0.4, 0.5) is 4.39 Å². The SMILES string of the molecule is CCc1cc(C(=O)NC2CCC(NC(=O)c3cc(F)cnc3OC3CCSCC3)CC2)n(CCO)n1. The van der Waals surface area contributed by atoms with Gasteiger partial charge < -0.3 is 20.5 Å². The van der Waals surface area contributed by atoms with E-state index in [1.807, 2.05) is 18.7 Å². The molecular weight excluding hydrogens is 485 g/mol. The minimum absolute atomic E-state index is 0.0168. The lowest BCUT2D eigenvalue weighted by Gasteiger charge is -2.30. The zero-order chi connectivity index (χ0) is 25.5. The van der Waals surface area contributed by atoms with Crippen molar-refractivity contribution in [2.24, 2.45) is 0 Å². The van der Waals surface area contributed by atoms with Gasteiger partial charge in [-0.3, -0.25) is 14.3 Å². The summed E-state index contributed by atoms with van der Waals surface area (Å²) in [4.78, 5) is 29.9. The van der Waals surface area contributed by atoms with Crippen LogP contribution in [-0.4, -0.2) is 68.0 Å². The average Bonchev–Trinajstić information content (AvgIpc) is 3.30. The summed E-state index contributed by atoms with van der Waals surface area (Å²) in [6.07, 6.45) is 6.30. The van der Waals surface area contributed by atoms with E-state index in [0.717, 1.165) is 36.2 Å². The maximum Gasteiger partial charge on any atom is 0.269 e. The van der Waals surface area contributed by atoms with E-state index in [1.54, 1.807) is 10.7 Å². The molecule has 1 aliphatic carbocycles. The van der Waals surface area contributed by atoms with Crippen molar-refractivity contribution in [2.75, 3.05) is 18.1 Å². The highest BCUT2D eigenvalue weighted by atomic mass is 32.2. The second-order valence-electron chi connectivity index (χ2n) is 9.25. The molecule has 2 fully saturated rings. The van der Waals surface area contributed by atoms with Crippen LogP contribution in [0.2, 0.25) is 0 Å². The standard InChI is InChI=1S/C25H34FN5O4S/c1-2-17-14-22(31(30-17)9-10-32)24(34)29-19-5-3-18(4-6-19)28-23(33)21-13-16(26)15-27-25(21)35-20-7-11-36-12-8-20/h13-15,18-20,32H,2-12H2,1H3,(H,28,33)(H,29,34). The van der Waals surface area contributed by atoms with Gasteiger partial charge in [0.2, 0.25) is 5.88 Å². The highest BCUT2D eigenvalue weighted by Crippen LogP contribution is 2.25. The minimum Gasteiger partial charge on any atom is -0.474 e. The number of thioether (sulfide) groups is 1. The second kappa shape index (κ2) is 12.5. The summed E-state index contributed by atoms with van der Waals surface area (Å²) in [5, 5.41) is 19.7. The Morgan fingerprint density at radius 1 is 1.11 bits per heavy atom. The number of aryl methyl sites for hydroxylation is 1. The Labute approximate surface area is 214 Å². The number of hydrogen-bond acceptors (Lipinski definition) is 7. The summed E-state index contributed by atoms with van der Waals surface area (Å²) in [6, 6.07) is 2.84. The third-order valence-electron chi connectivity index (χ3n) is 6.64. The third kappa shape index (κ3) is 6.76. The number of aliphatic hydroxyl groups excluding tert-OH is 1. The fourth-order valence-electron chi connectivity index (χ4n) is 4.63. The highest BCUT2D eigenvalue weighted by Gasteiger charge is 2.27. The number of nitrogens with zero attached hydrogens (tertiary/aromatic N) is 3. The van der Waals surface area contributed by atoms with E-state index in [4.69, 9.17) is 4.74 Å². The zero-order valence-electron chi connectivity index (χ0n) is 20.5. The van der Waals surface area contributed by atoms with Gasteiger partial charge >= 0.3 is 0 Å². The number of pyridine rings is 1. The molecule has 2 aromatic heterocycles. The van der Waals surface area contributed by atoms with Gasteiger partial charge in [-0.05, 0) is 68.6 Å². The second-order valence-corrected chi connectivity index (χ2v) is 10.5. The molecule has 4 rings (SSSR count). The average molecular weight is 520 g/mol. The van der Waals surface area contributed by atoms with E-state index < -0.39 is 11.7 Å². The first kappa shape index (κ1) is 26.4. The molecule has 1 saturated carbocycles. The normalized spacial score (nSPS) is 20.6. The van der Waals surface area contributed by atoms with Crippen LogP contribution in [0.3, 0.4) is 0 Å². The van der Waals surface area contributed by atoms with Gasteiger partial charge in [0.05, 0.1) is 25.0 Å². The summed E-state index contributed by atoms with van der Waals surface area (Å²) in [5.41, 5.74) is 1.36. The fourth-order valence-corrected chi connectivity index (χ4v) is 5.69. The van der Waals surface area contributed by atoms with E-state index >= 15 is 0 Å². The molecule has 3 heterocycles. The molecule has 2 aliphatic rings. The molecule has 9 nitrogen and oxygen atoms in total. The molecule has 1 saturated heterocycles. The van der Waals surface area contributed by atoms with Gasteiger partial charge in [0, 0.05) is 12.1 Å². The summed E-state index contributed by atoms with van der Waals surface area (Å²) >= 11 is 1.87. The van der Waals surface area contributed by atoms with Gasteiger partial charge in [0.25, 0.3) is 11.8 Å². The third-order valence-corrected chi connectivity index (χ3v) is 7.69. The van der Waals surface area contributed by atoms with Crippen molar-refractivity contribution in [1.29, 1.82) is 0 Å². The summed E-state index contributed by atoms with van der Waals surface area (Å²) in [7, 11) is 0. The minimum atomic E-state index is -0.579. The van der Waals surface area contributed by atoms with Gasteiger partial charge in [0.1, 0.15) is 23.2 Å². The number of hydrogen-bond donors (Lipinski definition) is 3. The highest BCUT2D eigenvalue weighted by molar-refractivity contribution is 7.99. The van der Waals surface area contributed by atoms with E-state index in [0.29, 0.717) is 37.8 Å². The van der Waals surface area contributed by atoms with Crippen LogP contribution in [0.5, 0.6) is 5.88 Å². The predicted octanol–water partition coefficient (Wildman–Crippen LogP) is 2.72. The lowest BCUT2D eigenvalue weighted by molar-refractivity contribution is 0.0879. The first-order valence-electron chi connectivity index (χ1n) is 12.7. The lowest BCUT2D eigenvalue weighted by Crippen LogP contribution is -2.44. The molecule has 0 radical (unpaired) electrons. The van der Waals surface area contributed by atoms with Crippen molar-refractivity contribution in [1.82, 2.24) is 25.4 Å². The van der Waals surface area contributed by atoms with E-state index in [1.165, 1.54) is 6.07 Å². The molecular formula is C25H34FN5O4S. The van der Waals surface area contributed by atoms with Crippen LogP contribution in [0, 0.1) is 5.82 Å². The maximum atomic E-state index is 13.9. The zero-order valence-corrected chi connectivity index (χ0v) is 21.4. The molecule has 196 valence electrons. The molecule has 0 bridgehead atoms. The van der Waals surface area contributed by atoms with Crippen LogP contribution in [0.1, 0.15) is 72.0 Å². The van der Waals surface area contributed by atoms with Crippen molar-refractivity contribution in [2.45, 2.75) is 76.6 Å². The van der Waals surface area contributed by atoms with Gasteiger partial charge in [-0.15, -0.1) is 0 Å². The van der Waals surface area contributed by atoms with E-state index in [9.17, 15) is 19.1 Å². The number of ether oxygens (including phenoxy) is 1. The number of aromatic nitrogens is 3. The van der Waals surface area contributed by atoms with Crippen molar-refractivity contribution in [3.05, 3.63) is 41.1 Å². The Morgan fingerprint density at radius 2 is 1.78 bits per heavy atom. The van der Waals surface area contributed by atoms with Gasteiger partial charge in [-0.1, -0.05) is 6.92 Å². The molecule has 2 aromatic rings. The Bertz CT molecular complexity index is 1050. The number of rotatable bonds is 9. The molecule has 2 amide bonds. The van der Waals surface area contributed by atoms with Crippen LogP contribution in [0.25, 0.3) is 0 Å². The largest absolute Gasteiger partial charge is 0.474 e. The van der Waals surface area contributed by atoms with Crippen molar-refractivity contribution < 1.29 is 23.8 Å². The summed E-state index contributed by atoms with van der Waals surface area (Å²) in [5.74, 6) is 0.988. The Hall–Kier alpha value is -2.66. The smallest absolute Gasteiger partial charge is 0.269 e. The van der Waals surface area contributed by atoms with Gasteiger partial charge in [-0.25, -0.2) is 9.37 Å². The number of amides is 2. The fraction of sp³-hybridized carbons (Fsp3) is 0.600. The molecule has 1 aliphatic heterocycles. The van der Waals surface area contributed by atoms with Gasteiger partial charge in [0.15, 0.2) is 0 Å². The number of aliphatic hydroxyl groups is 1. The van der Waals surface area contributed by atoms with Crippen molar-refractivity contribution in [3.63, 3.8) is 0 Å². The van der Waals surface area contributed by atoms with Crippen LogP contribution in [0.15, 0.2) is 18.3 Å². The molecule has 0 aromatic carbocycles. The Kier molecular flexibility index (Phi) is 9.19. The molecule has 11 heteroatoms. The summed E-state index contributed by atoms with van der Waals surface area (Å²) < 4.78 is 21.4. The van der Waals surface area contributed by atoms with Crippen molar-refractivity contribution >= 4 is 23.6 Å². The van der Waals surface area contributed by atoms with Crippen LogP contribution in [-0.2, 0) is 13.0 Å². The van der Waals surface area contributed by atoms with Crippen LogP contribution < -0.4 is 15.4 Å². The number of carbonyl (C=O) groups is 2. The summed E-state index contributed by atoms with van der Waals surface area (Å²) in [6.45, 7) is 2.14. The Balaban J connectivity index is 1.31. The lowest BCUT2D eigenvalue weighted by atomic mass is 9.91. The molecule has 0 spiro atoms. The predicted molar refractivity (Wildman–Crippen MR) is 135 cm³/mol. The van der Waals surface area contributed by atoms with E-state index in [2.05, 4.69) is 20.7 Å². The Morgan fingerprint density at radius 3 is 2.42 bits per heavy atom. The number of nitrogens with one attached hydrogen (secondary N) is 2. The molecule has 0 unspecified atom stereocenters. The molecule has 3 N–H and O–H groups in total. The first-order chi connectivity index (χ1) is 17.5. The van der Waals surface area contributed by atoms with Crippen LogP contribution >= 0.6 is 11.8 Å². The number of halogens is 1. The van der Waals surface area contributed by atoms with Crippen molar-refractivity contribution in [3.8, 4) is 5.88 Å². The first-order valence-corrected chi connectivity index (χ1v) is 13.8. The number of carbonyl (C=O) groups excluding carboxylic acids is 2. The van der Waals surface area contributed by atoms with Gasteiger partial charge in [-0.2, -0.15) is 16.9 Å². The van der Waals surface area contributed by atoms with E-state index in [-0.39, 0.29) is 48.7 Å².